The molecule has 0 aliphatic heterocycles. The SMILES string of the molecule is COCC(C)N(C)c1c(CN)c(C)nn1-c1ccccc1. The van der Waals surface area contributed by atoms with Crippen LogP contribution in [0, 0.1) is 6.92 Å². The summed E-state index contributed by atoms with van der Waals surface area (Å²) in [5.74, 6) is 1.03. The normalized spacial score (nSPS) is 12.4. The first-order valence-corrected chi connectivity index (χ1v) is 7.15. The summed E-state index contributed by atoms with van der Waals surface area (Å²) in [4.78, 5) is 2.18. The summed E-state index contributed by atoms with van der Waals surface area (Å²) in [5.41, 5.74) is 9.02. The van der Waals surface area contributed by atoms with Crippen LogP contribution >= 0.6 is 0 Å². The molecule has 5 heteroatoms. The molecule has 1 aromatic heterocycles. The lowest BCUT2D eigenvalue weighted by molar-refractivity contribution is 0.183. The van der Waals surface area contributed by atoms with Gasteiger partial charge < -0.3 is 15.4 Å². The number of nitrogens with two attached hydrogens (primary N) is 1. The van der Waals surface area contributed by atoms with Gasteiger partial charge in [0.25, 0.3) is 0 Å². The molecule has 5 nitrogen and oxygen atoms in total. The second-order valence-corrected chi connectivity index (χ2v) is 5.25. The zero-order valence-corrected chi connectivity index (χ0v) is 13.2. The van der Waals surface area contributed by atoms with Crippen LogP contribution in [0.5, 0.6) is 0 Å². The Kier molecular flexibility index (Phi) is 4.98. The summed E-state index contributed by atoms with van der Waals surface area (Å²) >= 11 is 0. The van der Waals surface area contributed by atoms with Gasteiger partial charge in [0.15, 0.2) is 0 Å². The fourth-order valence-corrected chi connectivity index (χ4v) is 2.46. The number of methoxy groups -OCH3 is 1. The zero-order chi connectivity index (χ0) is 15.4. The Morgan fingerprint density at radius 3 is 2.57 bits per heavy atom. The second kappa shape index (κ2) is 6.74. The van der Waals surface area contributed by atoms with E-state index in [1.54, 1.807) is 7.11 Å². The van der Waals surface area contributed by atoms with Crippen molar-refractivity contribution in [3.8, 4) is 5.69 Å². The Balaban J connectivity index is 2.52. The van der Waals surface area contributed by atoms with Crippen LogP contribution in [0.2, 0.25) is 0 Å². The molecular weight excluding hydrogens is 264 g/mol. The molecule has 1 heterocycles. The zero-order valence-electron chi connectivity index (χ0n) is 13.2. The topological polar surface area (TPSA) is 56.3 Å². The van der Waals surface area contributed by atoms with Gasteiger partial charge in [-0.1, -0.05) is 18.2 Å². The Bertz CT molecular complexity index is 579. The third-order valence-electron chi connectivity index (χ3n) is 3.77. The van der Waals surface area contributed by atoms with Crippen molar-refractivity contribution in [1.29, 1.82) is 0 Å². The van der Waals surface area contributed by atoms with Crippen LogP contribution in [0.15, 0.2) is 30.3 Å². The van der Waals surface area contributed by atoms with Gasteiger partial charge in [-0.15, -0.1) is 0 Å². The molecule has 0 aliphatic rings. The highest BCUT2D eigenvalue weighted by Crippen LogP contribution is 2.27. The quantitative estimate of drug-likeness (QED) is 0.884. The fraction of sp³-hybridized carbons (Fsp3) is 0.438. The first-order valence-electron chi connectivity index (χ1n) is 7.15. The average Bonchev–Trinajstić information content (AvgIpc) is 2.84. The number of ether oxygens (including phenoxy) is 1. The van der Waals surface area contributed by atoms with Crippen LogP contribution in [-0.4, -0.2) is 36.6 Å². The lowest BCUT2D eigenvalue weighted by atomic mass is 10.2. The summed E-state index contributed by atoms with van der Waals surface area (Å²) in [6.45, 7) is 5.25. The number of aromatic nitrogens is 2. The van der Waals surface area contributed by atoms with E-state index < -0.39 is 0 Å². The van der Waals surface area contributed by atoms with Crippen molar-refractivity contribution in [2.45, 2.75) is 26.4 Å². The molecule has 114 valence electrons. The minimum Gasteiger partial charge on any atom is -0.383 e. The molecular formula is C16H24N4O. The van der Waals surface area contributed by atoms with Gasteiger partial charge in [-0.3, -0.25) is 0 Å². The van der Waals surface area contributed by atoms with Gasteiger partial charge >= 0.3 is 0 Å². The molecule has 2 aromatic rings. The van der Waals surface area contributed by atoms with Gasteiger partial charge in [-0.25, -0.2) is 4.68 Å². The van der Waals surface area contributed by atoms with Gasteiger partial charge in [0.1, 0.15) is 5.82 Å². The average molecular weight is 288 g/mol. The predicted octanol–water partition coefficient (Wildman–Crippen LogP) is 2.11. The third-order valence-corrected chi connectivity index (χ3v) is 3.77. The summed E-state index contributed by atoms with van der Waals surface area (Å²) < 4.78 is 7.23. The maximum Gasteiger partial charge on any atom is 0.137 e. The monoisotopic (exact) mass is 288 g/mol. The van der Waals surface area contributed by atoms with Gasteiger partial charge in [-0.2, -0.15) is 5.10 Å². The number of hydrogen-bond acceptors (Lipinski definition) is 4. The second-order valence-electron chi connectivity index (χ2n) is 5.25. The predicted molar refractivity (Wildman–Crippen MR) is 85.9 cm³/mol. The first-order chi connectivity index (χ1) is 10.1. The minimum absolute atomic E-state index is 0.235. The van der Waals surface area contributed by atoms with Crippen molar-refractivity contribution in [2.24, 2.45) is 5.73 Å². The molecule has 0 spiro atoms. The highest BCUT2D eigenvalue weighted by molar-refractivity contribution is 5.55. The maximum atomic E-state index is 5.94. The van der Waals surface area contributed by atoms with E-state index in [4.69, 9.17) is 10.5 Å². The summed E-state index contributed by atoms with van der Waals surface area (Å²) in [7, 11) is 3.77. The minimum atomic E-state index is 0.235. The summed E-state index contributed by atoms with van der Waals surface area (Å²) in [5, 5.41) is 4.67. The van der Waals surface area contributed by atoms with E-state index in [1.165, 1.54) is 0 Å². The van der Waals surface area contributed by atoms with E-state index in [2.05, 4.69) is 24.0 Å². The van der Waals surface area contributed by atoms with Crippen molar-refractivity contribution in [3.05, 3.63) is 41.6 Å². The Hall–Kier alpha value is -1.85. The lowest BCUT2D eigenvalue weighted by Gasteiger charge is -2.28. The molecule has 0 aliphatic carbocycles. The van der Waals surface area contributed by atoms with E-state index in [-0.39, 0.29) is 6.04 Å². The summed E-state index contributed by atoms with van der Waals surface area (Å²) in [6, 6.07) is 10.4. The van der Waals surface area contributed by atoms with Crippen LogP contribution < -0.4 is 10.6 Å². The van der Waals surface area contributed by atoms with Crippen LogP contribution in [-0.2, 0) is 11.3 Å². The molecule has 2 rings (SSSR count). The van der Waals surface area contributed by atoms with Gasteiger partial charge in [-0.05, 0) is 26.0 Å². The van der Waals surface area contributed by atoms with Crippen molar-refractivity contribution in [2.75, 3.05) is 25.7 Å². The Morgan fingerprint density at radius 2 is 2.00 bits per heavy atom. The van der Waals surface area contributed by atoms with Crippen molar-refractivity contribution >= 4 is 5.82 Å². The Labute approximate surface area is 126 Å². The van der Waals surface area contributed by atoms with E-state index in [0.717, 1.165) is 22.8 Å². The maximum absolute atomic E-state index is 5.94. The molecule has 0 saturated heterocycles. The number of para-hydroxylation sites is 1. The Morgan fingerprint density at radius 1 is 1.33 bits per heavy atom. The highest BCUT2D eigenvalue weighted by Gasteiger charge is 2.21. The molecule has 0 saturated carbocycles. The van der Waals surface area contributed by atoms with Gasteiger partial charge in [0, 0.05) is 26.3 Å². The number of benzene rings is 1. The number of rotatable bonds is 6. The van der Waals surface area contributed by atoms with Crippen molar-refractivity contribution in [1.82, 2.24) is 9.78 Å². The lowest BCUT2D eigenvalue weighted by Crippen LogP contribution is -2.35. The van der Waals surface area contributed by atoms with Crippen LogP contribution in [0.4, 0.5) is 5.82 Å². The van der Waals surface area contributed by atoms with Gasteiger partial charge in [0.2, 0.25) is 0 Å². The largest absolute Gasteiger partial charge is 0.383 e. The third kappa shape index (κ3) is 3.09. The molecule has 1 atom stereocenters. The van der Waals surface area contributed by atoms with Crippen LogP contribution in [0.1, 0.15) is 18.2 Å². The highest BCUT2D eigenvalue weighted by atomic mass is 16.5. The smallest absolute Gasteiger partial charge is 0.137 e. The molecule has 1 unspecified atom stereocenters. The van der Waals surface area contributed by atoms with Crippen LogP contribution in [0.25, 0.3) is 5.69 Å². The van der Waals surface area contributed by atoms with Gasteiger partial charge in [0.05, 0.1) is 24.0 Å². The van der Waals surface area contributed by atoms with E-state index in [0.29, 0.717) is 13.2 Å². The van der Waals surface area contributed by atoms with Crippen LogP contribution in [0.3, 0.4) is 0 Å². The molecule has 0 radical (unpaired) electrons. The molecule has 21 heavy (non-hydrogen) atoms. The molecule has 2 N–H and O–H groups in total. The number of aryl methyl sites for hydroxylation is 1. The van der Waals surface area contributed by atoms with Crippen molar-refractivity contribution in [3.63, 3.8) is 0 Å². The number of likely N-dealkylation sites (N-methyl/N-ethyl adjacent to an activating group) is 1. The molecule has 0 fully saturated rings. The van der Waals surface area contributed by atoms with Crippen molar-refractivity contribution < 1.29 is 4.74 Å². The number of nitrogens with zero attached hydrogens (tertiary/aromatic N) is 3. The molecule has 0 amide bonds. The van der Waals surface area contributed by atoms with E-state index in [1.807, 2.05) is 41.9 Å². The summed E-state index contributed by atoms with van der Waals surface area (Å²) in [6.07, 6.45) is 0. The first kappa shape index (κ1) is 15.5. The fourth-order valence-electron chi connectivity index (χ4n) is 2.46. The number of anilines is 1. The molecule has 0 bridgehead atoms. The number of hydrogen-bond donors (Lipinski definition) is 1. The molecule has 1 aromatic carbocycles. The van der Waals surface area contributed by atoms with E-state index in [9.17, 15) is 0 Å². The van der Waals surface area contributed by atoms with E-state index >= 15 is 0 Å². The standard InChI is InChI=1S/C16H24N4O/c1-12(11-21-4)19(3)16-15(10-17)13(2)18-20(16)14-8-6-5-7-9-14/h5-9,12H,10-11,17H2,1-4H3.